The highest BCUT2D eigenvalue weighted by molar-refractivity contribution is 7.89. The Labute approximate surface area is 121 Å². The Balaban J connectivity index is 2.06. The van der Waals surface area contributed by atoms with Crippen LogP contribution in [0.15, 0.2) is 29.2 Å². The third-order valence-electron chi connectivity index (χ3n) is 2.99. The lowest BCUT2D eigenvalue weighted by atomic mass is 10.3. The number of nitrogens with zero attached hydrogens (tertiary/aromatic N) is 1. The molecule has 0 bridgehead atoms. The molecule has 4 N–H and O–H groups in total. The molecule has 1 fully saturated rings. The number of sulfonamides is 1. The lowest BCUT2D eigenvalue weighted by Crippen LogP contribution is -2.40. The minimum Gasteiger partial charge on any atom is -0.480 e. The molecule has 8 nitrogen and oxygen atoms in total. The second kappa shape index (κ2) is 5.70. The third-order valence-corrected chi connectivity index (χ3v) is 3.92. The quantitative estimate of drug-likeness (QED) is 0.725. The van der Waals surface area contributed by atoms with E-state index in [1.165, 1.54) is 29.2 Å². The second-order valence-electron chi connectivity index (χ2n) is 4.75. The first-order valence-electron chi connectivity index (χ1n) is 6.19. The van der Waals surface area contributed by atoms with Crippen LogP contribution >= 0.6 is 0 Å². The minimum absolute atomic E-state index is 0.0511. The number of anilines is 1. The SMILES string of the molecule is NS(=O)(=O)c1ccc(NC(=O)N(CC(=O)O)C2CC2)cc1. The average molecular weight is 313 g/mol. The van der Waals surface area contributed by atoms with E-state index in [2.05, 4.69) is 5.32 Å². The van der Waals surface area contributed by atoms with Gasteiger partial charge in [0.15, 0.2) is 0 Å². The van der Waals surface area contributed by atoms with Gasteiger partial charge in [-0.2, -0.15) is 0 Å². The monoisotopic (exact) mass is 313 g/mol. The van der Waals surface area contributed by atoms with Crippen LogP contribution in [0.1, 0.15) is 12.8 Å². The van der Waals surface area contributed by atoms with Crippen molar-refractivity contribution in [2.75, 3.05) is 11.9 Å². The third kappa shape index (κ3) is 4.17. The summed E-state index contributed by atoms with van der Waals surface area (Å²) >= 11 is 0. The van der Waals surface area contributed by atoms with Gasteiger partial charge < -0.3 is 15.3 Å². The number of amides is 2. The van der Waals surface area contributed by atoms with Gasteiger partial charge in [-0.05, 0) is 37.1 Å². The van der Waals surface area contributed by atoms with Crippen molar-refractivity contribution >= 4 is 27.7 Å². The zero-order valence-electron chi connectivity index (χ0n) is 11.0. The normalized spacial score (nSPS) is 14.5. The lowest BCUT2D eigenvalue weighted by molar-refractivity contribution is -0.137. The summed E-state index contributed by atoms with van der Waals surface area (Å²) in [6.07, 6.45) is 1.57. The van der Waals surface area contributed by atoms with Crippen molar-refractivity contribution in [1.29, 1.82) is 0 Å². The van der Waals surface area contributed by atoms with Gasteiger partial charge in [-0.3, -0.25) is 4.79 Å². The maximum Gasteiger partial charge on any atom is 0.323 e. The number of rotatable bonds is 5. The van der Waals surface area contributed by atoms with Crippen LogP contribution in [-0.2, 0) is 14.8 Å². The molecule has 0 heterocycles. The largest absolute Gasteiger partial charge is 0.480 e. The number of benzene rings is 1. The van der Waals surface area contributed by atoms with Crippen molar-refractivity contribution in [1.82, 2.24) is 4.90 Å². The number of aliphatic carboxylic acids is 1. The van der Waals surface area contributed by atoms with Gasteiger partial charge in [0.1, 0.15) is 6.54 Å². The smallest absolute Gasteiger partial charge is 0.323 e. The van der Waals surface area contributed by atoms with Crippen LogP contribution in [0.2, 0.25) is 0 Å². The fraction of sp³-hybridized carbons (Fsp3) is 0.333. The Hall–Kier alpha value is -2.13. The van der Waals surface area contributed by atoms with E-state index >= 15 is 0 Å². The number of primary sulfonamides is 1. The number of hydrogen-bond donors (Lipinski definition) is 3. The van der Waals surface area contributed by atoms with E-state index in [-0.39, 0.29) is 17.5 Å². The first-order chi connectivity index (χ1) is 9.77. The van der Waals surface area contributed by atoms with Gasteiger partial charge in [-0.15, -0.1) is 0 Å². The highest BCUT2D eigenvalue weighted by Crippen LogP contribution is 2.27. The number of hydrogen-bond acceptors (Lipinski definition) is 4. The van der Waals surface area contributed by atoms with Crippen LogP contribution in [0.3, 0.4) is 0 Å². The molecule has 114 valence electrons. The Kier molecular flexibility index (Phi) is 4.14. The van der Waals surface area contributed by atoms with Gasteiger partial charge in [0, 0.05) is 11.7 Å². The molecule has 0 aliphatic heterocycles. The molecule has 21 heavy (non-hydrogen) atoms. The average Bonchev–Trinajstić information content (AvgIpc) is 3.19. The van der Waals surface area contributed by atoms with E-state index in [0.29, 0.717) is 5.69 Å². The molecule has 0 atom stereocenters. The van der Waals surface area contributed by atoms with Crippen LogP contribution in [0, 0.1) is 0 Å². The molecule has 1 saturated carbocycles. The number of carbonyl (C=O) groups is 2. The summed E-state index contributed by atoms with van der Waals surface area (Å²) < 4.78 is 22.2. The fourth-order valence-electron chi connectivity index (χ4n) is 1.82. The summed E-state index contributed by atoms with van der Waals surface area (Å²) in [5, 5.41) is 16.3. The zero-order valence-corrected chi connectivity index (χ0v) is 11.8. The number of carboxylic acids is 1. The molecule has 0 unspecified atom stereocenters. The van der Waals surface area contributed by atoms with E-state index in [1.54, 1.807) is 0 Å². The van der Waals surface area contributed by atoms with Crippen LogP contribution in [0.4, 0.5) is 10.5 Å². The maximum absolute atomic E-state index is 12.0. The van der Waals surface area contributed by atoms with Gasteiger partial charge in [0.05, 0.1) is 4.90 Å². The van der Waals surface area contributed by atoms with Gasteiger partial charge >= 0.3 is 12.0 Å². The van der Waals surface area contributed by atoms with Gasteiger partial charge in [-0.1, -0.05) is 0 Å². The molecule has 9 heteroatoms. The number of nitrogens with two attached hydrogens (primary N) is 1. The van der Waals surface area contributed by atoms with Crippen LogP contribution in [0.5, 0.6) is 0 Å². The summed E-state index contributed by atoms with van der Waals surface area (Å²) in [7, 11) is -3.78. The molecule has 0 aromatic heterocycles. The summed E-state index contributed by atoms with van der Waals surface area (Å²) in [5.74, 6) is -1.08. The molecule has 1 aliphatic carbocycles. The first-order valence-corrected chi connectivity index (χ1v) is 7.74. The standard InChI is InChI=1S/C12H15N3O5S/c13-21(19,20)10-5-1-8(2-6-10)14-12(18)15(7-11(16)17)9-3-4-9/h1-2,5-6,9H,3-4,7H2,(H,14,18)(H,16,17)(H2,13,19,20). The van der Waals surface area contributed by atoms with E-state index in [9.17, 15) is 18.0 Å². The van der Waals surface area contributed by atoms with Gasteiger partial charge in [0.25, 0.3) is 0 Å². The molecule has 0 spiro atoms. The van der Waals surface area contributed by atoms with Gasteiger partial charge in [0.2, 0.25) is 10.0 Å². The maximum atomic E-state index is 12.0. The van der Waals surface area contributed by atoms with Crippen LogP contribution in [0.25, 0.3) is 0 Å². The molecule has 1 aromatic carbocycles. The Morgan fingerprint density at radius 1 is 1.29 bits per heavy atom. The van der Waals surface area contributed by atoms with E-state index < -0.39 is 22.0 Å². The van der Waals surface area contributed by atoms with Crippen molar-refractivity contribution in [3.8, 4) is 0 Å². The van der Waals surface area contributed by atoms with Crippen molar-refractivity contribution in [2.24, 2.45) is 5.14 Å². The number of carboxylic acid groups (broad SMARTS) is 1. The highest BCUT2D eigenvalue weighted by atomic mass is 32.2. The Morgan fingerprint density at radius 3 is 2.29 bits per heavy atom. The van der Waals surface area contributed by atoms with Crippen molar-refractivity contribution < 1.29 is 23.1 Å². The van der Waals surface area contributed by atoms with Crippen LogP contribution in [-0.4, -0.2) is 43.0 Å². The molecular weight excluding hydrogens is 298 g/mol. The second-order valence-corrected chi connectivity index (χ2v) is 6.31. The number of nitrogens with one attached hydrogen (secondary N) is 1. The summed E-state index contributed by atoms with van der Waals surface area (Å²) in [5.41, 5.74) is 0.364. The molecular formula is C12H15N3O5S. The predicted molar refractivity (Wildman–Crippen MR) is 74.2 cm³/mol. The van der Waals surface area contributed by atoms with Crippen molar-refractivity contribution in [2.45, 2.75) is 23.8 Å². The summed E-state index contributed by atoms with van der Waals surface area (Å²) in [4.78, 5) is 24.0. The molecule has 1 aliphatic rings. The molecule has 0 saturated heterocycles. The van der Waals surface area contributed by atoms with E-state index in [0.717, 1.165) is 12.8 Å². The lowest BCUT2D eigenvalue weighted by Gasteiger charge is -2.20. The molecule has 0 radical (unpaired) electrons. The topological polar surface area (TPSA) is 130 Å². The first kappa shape index (κ1) is 15.3. The van der Waals surface area contributed by atoms with Crippen molar-refractivity contribution in [3.63, 3.8) is 0 Å². The molecule has 1 aromatic rings. The van der Waals surface area contributed by atoms with Gasteiger partial charge in [-0.25, -0.2) is 18.4 Å². The zero-order chi connectivity index (χ0) is 15.6. The highest BCUT2D eigenvalue weighted by Gasteiger charge is 2.33. The van der Waals surface area contributed by atoms with Crippen molar-refractivity contribution in [3.05, 3.63) is 24.3 Å². The summed E-state index contributed by atoms with van der Waals surface area (Å²) in [6, 6.07) is 4.74. The number of urea groups is 1. The Bertz CT molecular complexity index is 652. The fourth-order valence-corrected chi connectivity index (χ4v) is 2.34. The molecule has 2 rings (SSSR count). The predicted octanol–water partition coefficient (Wildman–Crippen LogP) is 0.415. The number of carbonyl (C=O) groups excluding carboxylic acids is 1. The molecule has 2 amide bonds. The Morgan fingerprint density at radius 2 is 1.86 bits per heavy atom. The van der Waals surface area contributed by atoms with Crippen LogP contribution < -0.4 is 10.5 Å². The minimum atomic E-state index is -3.78. The van der Waals surface area contributed by atoms with E-state index in [4.69, 9.17) is 10.2 Å². The van der Waals surface area contributed by atoms with E-state index in [1.807, 2.05) is 0 Å². The summed E-state index contributed by atoms with van der Waals surface area (Å²) in [6.45, 7) is -0.369.